The van der Waals surface area contributed by atoms with Crippen molar-refractivity contribution >= 4 is 29.1 Å². The summed E-state index contributed by atoms with van der Waals surface area (Å²) in [7, 11) is 0. The molecule has 1 amide bonds. The maximum absolute atomic E-state index is 12.3. The summed E-state index contributed by atoms with van der Waals surface area (Å²) in [6.07, 6.45) is 0. The molecule has 1 aliphatic rings. The summed E-state index contributed by atoms with van der Waals surface area (Å²) in [5.74, 6) is 0.830. The summed E-state index contributed by atoms with van der Waals surface area (Å²) >= 11 is 1.69. The SMILES string of the molecule is CC(=O)Nc1ccc2c(c1)C(=O)C(C)(C)CS2. The van der Waals surface area contributed by atoms with Crippen molar-refractivity contribution in [3.05, 3.63) is 23.8 Å². The van der Waals surface area contributed by atoms with Crippen molar-refractivity contribution in [2.75, 3.05) is 11.1 Å². The Morgan fingerprint density at radius 3 is 2.76 bits per heavy atom. The molecule has 0 unspecified atom stereocenters. The lowest BCUT2D eigenvalue weighted by Gasteiger charge is -2.29. The number of carbonyl (C=O) groups is 2. The van der Waals surface area contributed by atoms with Gasteiger partial charge in [0.05, 0.1) is 0 Å². The largest absolute Gasteiger partial charge is 0.326 e. The third-order valence-electron chi connectivity index (χ3n) is 2.75. The summed E-state index contributed by atoms with van der Waals surface area (Å²) in [5, 5.41) is 2.70. The van der Waals surface area contributed by atoms with Crippen molar-refractivity contribution in [1.82, 2.24) is 0 Å². The third-order valence-corrected chi connectivity index (χ3v) is 4.28. The van der Waals surface area contributed by atoms with Gasteiger partial charge in [-0.2, -0.15) is 0 Å². The predicted molar refractivity (Wildman–Crippen MR) is 69.6 cm³/mol. The van der Waals surface area contributed by atoms with Crippen LogP contribution in [0, 0.1) is 5.41 Å². The number of ketones is 1. The van der Waals surface area contributed by atoms with Gasteiger partial charge < -0.3 is 5.32 Å². The smallest absolute Gasteiger partial charge is 0.221 e. The van der Waals surface area contributed by atoms with E-state index in [2.05, 4.69) is 5.32 Å². The molecule has 1 N–H and O–H groups in total. The van der Waals surface area contributed by atoms with Crippen LogP contribution in [0.5, 0.6) is 0 Å². The summed E-state index contributed by atoms with van der Waals surface area (Å²) in [6.45, 7) is 5.37. The molecule has 1 heterocycles. The second kappa shape index (κ2) is 4.18. The molecular formula is C13H15NO2S. The molecule has 3 nitrogen and oxygen atoms in total. The maximum atomic E-state index is 12.3. The maximum Gasteiger partial charge on any atom is 0.221 e. The molecule has 1 aliphatic heterocycles. The van der Waals surface area contributed by atoms with Crippen LogP contribution in [0.4, 0.5) is 5.69 Å². The number of rotatable bonds is 1. The van der Waals surface area contributed by atoms with Crippen LogP contribution in [-0.4, -0.2) is 17.4 Å². The predicted octanol–water partition coefficient (Wildman–Crippen LogP) is 2.96. The van der Waals surface area contributed by atoms with Gasteiger partial charge in [0.1, 0.15) is 0 Å². The van der Waals surface area contributed by atoms with Crippen molar-refractivity contribution in [2.24, 2.45) is 5.41 Å². The highest BCUT2D eigenvalue weighted by Gasteiger charge is 2.34. The van der Waals surface area contributed by atoms with Gasteiger partial charge >= 0.3 is 0 Å². The second-order valence-electron chi connectivity index (χ2n) is 4.89. The van der Waals surface area contributed by atoms with Crippen LogP contribution in [-0.2, 0) is 4.79 Å². The highest BCUT2D eigenvalue weighted by atomic mass is 32.2. The van der Waals surface area contributed by atoms with Crippen LogP contribution >= 0.6 is 11.8 Å². The minimum absolute atomic E-state index is 0.125. The number of benzene rings is 1. The van der Waals surface area contributed by atoms with Crippen molar-refractivity contribution in [3.63, 3.8) is 0 Å². The standard InChI is InChI=1S/C13H15NO2S/c1-8(15)14-9-4-5-11-10(6-9)12(16)13(2,3)7-17-11/h4-6H,7H2,1-3H3,(H,14,15). The van der Waals surface area contributed by atoms with E-state index in [1.165, 1.54) is 6.92 Å². The number of amides is 1. The molecule has 0 spiro atoms. The van der Waals surface area contributed by atoms with Crippen LogP contribution in [0.2, 0.25) is 0 Å². The van der Waals surface area contributed by atoms with Gasteiger partial charge in [0.2, 0.25) is 5.91 Å². The average Bonchev–Trinajstić information content (AvgIpc) is 2.24. The zero-order chi connectivity index (χ0) is 12.6. The fourth-order valence-corrected chi connectivity index (χ4v) is 2.92. The Balaban J connectivity index is 2.40. The van der Waals surface area contributed by atoms with Gasteiger partial charge in [-0.1, -0.05) is 13.8 Å². The molecule has 0 aromatic heterocycles. The number of carbonyl (C=O) groups excluding carboxylic acids is 2. The van der Waals surface area contributed by atoms with Crippen LogP contribution in [0.1, 0.15) is 31.1 Å². The van der Waals surface area contributed by atoms with Crippen LogP contribution in [0.3, 0.4) is 0 Å². The topological polar surface area (TPSA) is 46.2 Å². The minimum atomic E-state index is -0.327. The van der Waals surface area contributed by atoms with E-state index in [4.69, 9.17) is 0 Å². The first kappa shape index (κ1) is 12.2. The average molecular weight is 249 g/mol. The van der Waals surface area contributed by atoms with Crippen molar-refractivity contribution in [3.8, 4) is 0 Å². The van der Waals surface area contributed by atoms with Crippen molar-refractivity contribution < 1.29 is 9.59 Å². The second-order valence-corrected chi connectivity index (χ2v) is 5.91. The van der Waals surface area contributed by atoms with Gasteiger partial charge in [-0.15, -0.1) is 11.8 Å². The van der Waals surface area contributed by atoms with E-state index in [9.17, 15) is 9.59 Å². The lowest BCUT2D eigenvalue weighted by Crippen LogP contribution is -2.30. The Labute approximate surface area is 105 Å². The molecule has 0 fully saturated rings. The number of hydrogen-bond donors (Lipinski definition) is 1. The Morgan fingerprint density at radius 2 is 2.12 bits per heavy atom. The quantitative estimate of drug-likeness (QED) is 0.832. The number of nitrogens with one attached hydrogen (secondary N) is 1. The van der Waals surface area contributed by atoms with Crippen LogP contribution in [0.25, 0.3) is 0 Å². The highest BCUT2D eigenvalue weighted by molar-refractivity contribution is 7.99. The molecule has 0 aliphatic carbocycles. The number of anilines is 1. The van der Waals surface area contributed by atoms with E-state index in [-0.39, 0.29) is 17.1 Å². The molecule has 1 aromatic rings. The first-order valence-corrected chi connectivity index (χ1v) is 6.48. The molecule has 90 valence electrons. The molecule has 2 rings (SSSR count). The van der Waals surface area contributed by atoms with Crippen LogP contribution in [0.15, 0.2) is 23.1 Å². The zero-order valence-electron chi connectivity index (χ0n) is 10.2. The first-order chi connectivity index (χ1) is 7.90. The molecule has 0 bridgehead atoms. The third kappa shape index (κ3) is 2.36. The Morgan fingerprint density at radius 1 is 1.41 bits per heavy atom. The Bertz CT molecular complexity index is 494. The molecule has 0 atom stereocenters. The molecule has 1 aromatic carbocycles. The molecule has 0 radical (unpaired) electrons. The molecular weight excluding hydrogens is 234 g/mol. The highest BCUT2D eigenvalue weighted by Crippen LogP contribution is 2.40. The van der Waals surface area contributed by atoms with Gasteiger partial charge in [0.25, 0.3) is 0 Å². The molecule has 4 heteroatoms. The molecule has 17 heavy (non-hydrogen) atoms. The number of Topliss-reactive ketones (excluding diaryl/α,β-unsaturated/α-hetero) is 1. The summed E-state index contributed by atoms with van der Waals surface area (Å²) in [6, 6.07) is 5.50. The fraction of sp³-hybridized carbons (Fsp3) is 0.385. The summed E-state index contributed by atoms with van der Waals surface area (Å²) < 4.78 is 0. The van der Waals surface area contributed by atoms with Gasteiger partial charge in [0, 0.05) is 34.2 Å². The fourth-order valence-electron chi connectivity index (χ4n) is 1.80. The number of thioether (sulfide) groups is 1. The van der Waals surface area contributed by atoms with E-state index in [1.54, 1.807) is 17.8 Å². The lowest BCUT2D eigenvalue weighted by atomic mass is 9.85. The number of fused-ring (bicyclic) bond motifs is 1. The lowest BCUT2D eigenvalue weighted by molar-refractivity contribution is -0.114. The van der Waals surface area contributed by atoms with Gasteiger partial charge in [-0.25, -0.2) is 0 Å². The number of hydrogen-bond acceptors (Lipinski definition) is 3. The van der Waals surface area contributed by atoms with Crippen molar-refractivity contribution in [2.45, 2.75) is 25.7 Å². The summed E-state index contributed by atoms with van der Waals surface area (Å²) in [4.78, 5) is 24.2. The van der Waals surface area contributed by atoms with E-state index in [0.717, 1.165) is 16.2 Å². The van der Waals surface area contributed by atoms with Gasteiger partial charge in [-0.05, 0) is 18.2 Å². The zero-order valence-corrected chi connectivity index (χ0v) is 11.0. The van der Waals surface area contributed by atoms with E-state index >= 15 is 0 Å². The first-order valence-electron chi connectivity index (χ1n) is 5.49. The molecule has 0 saturated carbocycles. The monoisotopic (exact) mass is 249 g/mol. The van der Waals surface area contributed by atoms with Gasteiger partial charge in [-0.3, -0.25) is 9.59 Å². The summed E-state index contributed by atoms with van der Waals surface area (Å²) in [5.41, 5.74) is 1.08. The minimum Gasteiger partial charge on any atom is -0.326 e. The van der Waals surface area contributed by atoms with E-state index in [1.807, 2.05) is 26.0 Å². The van der Waals surface area contributed by atoms with E-state index in [0.29, 0.717) is 5.69 Å². The van der Waals surface area contributed by atoms with E-state index < -0.39 is 0 Å². The van der Waals surface area contributed by atoms with Crippen LogP contribution < -0.4 is 5.32 Å². The molecule has 0 saturated heterocycles. The normalized spacial score (nSPS) is 17.5. The Kier molecular flexibility index (Phi) is 3.00. The Hall–Kier alpha value is -1.29. The van der Waals surface area contributed by atoms with Crippen molar-refractivity contribution in [1.29, 1.82) is 0 Å². The van der Waals surface area contributed by atoms with Gasteiger partial charge in [0.15, 0.2) is 5.78 Å².